The van der Waals surface area contributed by atoms with E-state index in [1.807, 2.05) is 13.8 Å². The minimum atomic E-state index is -4.67. The molecule has 49 heavy (non-hydrogen) atoms. The van der Waals surface area contributed by atoms with Gasteiger partial charge >= 0.3 is 12.1 Å². The van der Waals surface area contributed by atoms with Gasteiger partial charge in [-0.3, -0.25) is 9.78 Å². The number of aromatic nitrogens is 1. The molecular weight excluding hydrogens is 653 g/mol. The van der Waals surface area contributed by atoms with Crippen LogP contribution in [0.4, 0.5) is 13.2 Å². The lowest BCUT2D eigenvalue weighted by molar-refractivity contribution is -0.166. The fourth-order valence-electron chi connectivity index (χ4n) is 8.38. The van der Waals surface area contributed by atoms with E-state index in [-0.39, 0.29) is 28.2 Å². The van der Waals surface area contributed by atoms with Gasteiger partial charge in [-0.1, -0.05) is 54.0 Å². The lowest BCUT2D eigenvalue weighted by atomic mass is 9.57. The van der Waals surface area contributed by atoms with Crippen LogP contribution in [0, 0.1) is 16.7 Å². The van der Waals surface area contributed by atoms with Gasteiger partial charge < -0.3 is 18.4 Å². The van der Waals surface area contributed by atoms with Gasteiger partial charge in [0.2, 0.25) is 0 Å². The van der Waals surface area contributed by atoms with Crippen molar-refractivity contribution in [2.45, 2.75) is 128 Å². The van der Waals surface area contributed by atoms with E-state index >= 15 is 0 Å². The first-order valence-corrected chi connectivity index (χ1v) is 19.6. The van der Waals surface area contributed by atoms with Crippen LogP contribution in [0.15, 0.2) is 18.2 Å². The number of nitriles is 1. The molecule has 2 aliphatic carbocycles. The third kappa shape index (κ3) is 5.98. The molecule has 1 saturated carbocycles. The molecule has 1 unspecified atom stereocenters. The molecule has 2 spiro atoms. The quantitative estimate of drug-likeness (QED) is 0.277. The summed E-state index contributed by atoms with van der Waals surface area (Å²) < 4.78 is 68.2. The molecule has 3 heterocycles. The SMILES string of the molecule is CCS(C)(O[C@H]1CC2(CCC2)[C@@H](OC(C)=O)c2nc(C(C)C)c3c(c21)C1(CCOCC1)O[C@@H]3c1ccc(C(F)(F)F)c(C#N)c1)C(C)(C)C. The predicted molar refractivity (Wildman–Crippen MR) is 182 cm³/mol. The van der Waals surface area contributed by atoms with Crippen molar-refractivity contribution in [3.05, 3.63) is 63.0 Å². The second kappa shape index (κ2) is 12.5. The van der Waals surface area contributed by atoms with Gasteiger partial charge in [-0.2, -0.15) is 18.4 Å². The number of nitrogens with zero attached hydrogens (tertiary/aromatic N) is 2. The Hall–Kier alpha value is -2.65. The van der Waals surface area contributed by atoms with Crippen molar-refractivity contribution in [2.75, 3.05) is 25.2 Å². The average molecular weight is 703 g/mol. The van der Waals surface area contributed by atoms with Crippen molar-refractivity contribution >= 4 is 16.3 Å². The van der Waals surface area contributed by atoms with E-state index in [2.05, 4.69) is 34.0 Å². The number of carbonyl (C=O) groups excluding carboxylic acids is 1. The maximum absolute atomic E-state index is 13.9. The van der Waals surface area contributed by atoms with Crippen LogP contribution in [0.5, 0.6) is 0 Å². The van der Waals surface area contributed by atoms with E-state index in [9.17, 15) is 23.2 Å². The lowest BCUT2D eigenvalue weighted by Gasteiger charge is -2.56. The average Bonchev–Trinajstić information content (AvgIpc) is 3.33. The Morgan fingerprint density at radius 3 is 2.33 bits per heavy atom. The maximum Gasteiger partial charge on any atom is 0.417 e. The van der Waals surface area contributed by atoms with Gasteiger partial charge in [0.05, 0.1) is 34.6 Å². The van der Waals surface area contributed by atoms with Crippen LogP contribution in [0.25, 0.3) is 0 Å². The number of hydrogen-bond acceptors (Lipinski definition) is 7. The largest absolute Gasteiger partial charge is 0.455 e. The van der Waals surface area contributed by atoms with Crippen LogP contribution >= 0.6 is 10.3 Å². The number of pyridine rings is 1. The number of alkyl halides is 3. The van der Waals surface area contributed by atoms with Gasteiger partial charge in [0.15, 0.2) is 0 Å². The number of carbonyl (C=O) groups is 1. The van der Waals surface area contributed by atoms with E-state index in [1.54, 1.807) is 6.07 Å². The van der Waals surface area contributed by atoms with Gasteiger partial charge in [-0.25, -0.2) is 0 Å². The molecule has 2 fully saturated rings. The zero-order valence-electron chi connectivity index (χ0n) is 29.9. The smallest absolute Gasteiger partial charge is 0.417 e. The molecule has 6 rings (SSSR count). The molecule has 1 saturated heterocycles. The molecule has 1 aromatic carbocycles. The van der Waals surface area contributed by atoms with Crippen LogP contribution in [-0.4, -0.2) is 40.9 Å². The van der Waals surface area contributed by atoms with Crippen molar-refractivity contribution < 1.29 is 36.4 Å². The highest BCUT2D eigenvalue weighted by Crippen LogP contribution is 2.68. The Balaban J connectivity index is 1.67. The van der Waals surface area contributed by atoms with Crippen LogP contribution in [-0.2, 0) is 35.0 Å². The summed E-state index contributed by atoms with van der Waals surface area (Å²) in [5.74, 6) is 0.392. The number of rotatable bonds is 6. The summed E-state index contributed by atoms with van der Waals surface area (Å²) in [6.07, 6.45) is 0.451. The zero-order valence-corrected chi connectivity index (χ0v) is 30.7. The predicted octanol–water partition coefficient (Wildman–Crippen LogP) is 9.62. The number of halogens is 3. The monoisotopic (exact) mass is 702 g/mol. The summed E-state index contributed by atoms with van der Waals surface area (Å²) in [5.41, 5.74) is 2.06. The highest BCUT2D eigenvalue weighted by Gasteiger charge is 2.59. The molecule has 1 aromatic heterocycles. The summed E-state index contributed by atoms with van der Waals surface area (Å²) in [6.45, 7) is 15.3. The molecule has 4 atom stereocenters. The minimum Gasteiger partial charge on any atom is -0.455 e. The third-order valence-corrected chi connectivity index (χ3v) is 15.9. The summed E-state index contributed by atoms with van der Waals surface area (Å²) in [5, 5.41) is 9.82. The van der Waals surface area contributed by atoms with E-state index in [4.69, 9.17) is 23.4 Å². The van der Waals surface area contributed by atoms with Gasteiger partial charge in [-0.15, -0.1) is 10.3 Å². The number of hydrogen-bond donors (Lipinski definition) is 0. The van der Waals surface area contributed by atoms with Crippen LogP contribution in [0.1, 0.15) is 156 Å². The third-order valence-electron chi connectivity index (χ3n) is 11.5. The first-order valence-electron chi connectivity index (χ1n) is 17.5. The first-order chi connectivity index (χ1) is 22.9. The lowest BCUT2D eigenvalue weighted by Crippen LogP contribution is -2.46. The highest BCUT2D eigenvalue weighted by atomic mass is 32.3. The van der Waals surface area contributed by atoms with Crippen molar-refractivity contribution in [1.82, 2.24) is 4.98 Å². The number of esters is 1. The Kier molecular flexibility index (Phi) is 9.25. The summed E-state index contributed by atoms with van der Waals surface area (Å²) >= 11 is 0. The fourth-order valence-corrected chi connectivity index (χ4v) is 10.3. The Morgan fingerprint density at radius 1 is 1.14 bits per heavy atom. The number of benzene rings is 1. The normalized spacial score (nSPS) is 26.0. The Labute approximate surface area is 289 Å². The maximum atomic E-state index is 13.9. The van der Waals surface area contributed by atoms with Gasteiger partial charge in [0.1, 0.15) is 12.2 Å². The van der Waals surface area contributed by atoms with Gasteiger partial charge in [-0.05, 0) is 60.4 Å². The van der Waals surface area contributed by atoms with E-state index in [0.717, 1.165) is 59.2 Å². The second-order valence-corrected chi connectivity index (χ2v) is 19.7. The summed E-state index contributed by atoms with van der Waals surface area (Å²) in [4.78, 5) is 18.2. The van der Waals surface area contributed by atoms with Crippen molar-refractivity contribution in [3.63, 3.8) is 0 Å². The second-order valence-electron chi connectivity index (χ2n) is 15.7. The van der Waals surface area contributed by atoms with Crippen molar-refractivity contribution in [2.24, 2.45) is 5.41 Å². The van der Waals surface area contributed by atoms with Crippen LogP contribution in [0.3, 0.4) is 0 Å². The molecule has 4 aliphatic rings. The fraction of sp³-hybridized carbons (Fsp3) is 0.658. The molecule has 0 bridgehead atoms. The number of fused-ring (bicyclic) bond motifs is 4. The molecule has 7 nitrogen and oxygen atoms in total. The summed E-state index contributed by atoms with van der Waals surface area (Å²) in [6, 6.07) is 5.49. The minimum absolute atomic E-state index is 0.0947. The molecule has 0 N–H and O–H groups in total. The van der Waals surface area contributed by atoms with E-state index in [0.29, 0.717) is 38.0 Å². The van der Waals surface area contributed by atoms with Crippen LogP contribution in [0.2, 0.25) is 0 Å². The molecule has 2 aromatic rings. The van der Waals surface area contributed by atoms with Crippen molar-refractivity contribution in [3.8, 4) is 6.07 Å². The molecule has 2 aliphatic heterocycles. The van der Waals surface area contributed by atoms with Crippen LogP contribution < -0.4 is 0 Å². The first kappa shape index (κ1) is 36.2. The molecule has 268 valence electrons. The Bertz CT molecular complexity index is 1670. The highest BCUT2D eigenvalue weighted by molar-refractivity contribution is 8.30. The molecule has 11 heteroatoms. The molecule has 0 amide bonds. The topological polar surface area (TPSA) is 90.7 Å². The molecular formula is C38H49F3N2O5S. The van der Waals surface area contributed by atoms with Gasteiger partial charge in [0, 0.05) is 60.0 Å². The van der Waals surface area contributed by atoms with E-state index < -0.39 is 45.4 Å². The number of ether oxygens (including phenoxy) is 3. The zero-order chi connectivity index (χ0) is 35.7. The molecule has 0 radical (unpaired) electrons. The Morgan fingerprint density at radius 2 is 1.82 bits per heavy atom. The van der Waals surface area contributed by atoms with Gasteiger partial charge in [0.25, 0.3) is 0 Å². The summed E-state index contributed by atoms with van der Waals surface area (Å²) in [7, 11) is -1.63. The van der Waals surface area contributed by atoms with Crippen molar-refractivity contribution in [1.29, 1.82) is 5.26 Å². The standard InChI is InChI=1S/C38H49F3N2O5S/c1-9-49(8,35(5,6)7)48-27-20-36(13-10-14-36)34(46-23(4)44)32-28(27)30-29(31(43-32)22(2)3)33(47-37(30)15-17-45-18-16-37)24-11-12-26(38(39,40)41)25(19-24)21-42/h11-12,19,22,27,33-34H,9-10,13-18,20H2,1-8H3/t27-,33+,34-/m0/s1. The van der Waals surface area contributed by atoms with E-state index in [1.165, 1.54) is 19.1 Å².